The third kappa shape index (κ3) is 2.23. The Balaban J connectivity index is 2.28. The van der Waals surface area contributed by atoms with Crippen LogP contribution < -0.4 is 0 Å². The molecule has 0 aromatic heterocycles. The standard InChI is InChI=1S/C10H18O2/c1-7-5-8(6-7)12-9(11)10(2,3)4/h7-8H,5-6H2,1-4H3. The van der Waals surface area contributed by atoms with Gasteiger partial charge >= 0.3 is 5.97 Å². The Bertz CT molecular complexity index is 173. The van der Waals surface area contributed by atoms with Gasteiger partial charge in [0, 0.05) is 0 Å². The fourth-order valence-electron chi connectivity index (χ4n) is 1.25. The van der Waals surface area contributed by atoms with Gasteiger partial charge < -0.3 is 4.74 Å². The van der Waals surface area contributed by atoms with Crippen LogP contribution in [0.3, 0.4) is 0 Å². The first-order valence-corrected chi connectivity index (χ1v) is 4.60. The molecule has 0 saturated heterocycles. The zero-order valence-electron chi connectivity index (χ0n) is 8.39. The summed E-state index contributed by atoms with van der Waals surface area (Å²) in [6.45, 7) is 7.84. The number of carbonyl (C=O) groups is 1. The molecule has 0 unspecified atom stereocenters. The first-order valence-electron chi connectivity index (χ1n) is 4.60. The monoisotopic (exact) mass is 170 g/mol. The normalized spacial score (nSPS) is 29.3. The lowest BCUT2D eigenvalue weighted by Gasteiger charge is -2.33. The molecule has 0 atom stereocenters. The molecule has 1 saturated carbocycles. The highest BCUT2D eigenvalue weighted by molar-refractivity contribution is 5.75. The van der Waals surface area contributed by atoms with Crippen molar-refractivity contribution in [3.8, 4) is 0 Å². The topological polar surface area (TPSA) is 26.3 Å². The largest absolute Gasteiger partial charge is 0.462 e. The molecule has 0 radical (unpaired) electrons. The van der Waals surface area contributed by atoms with E-state index >= 15 is 0 Å². The zero-order valence-corrected chi connectivity index (χ0v) is 8.39. The van der Waals surface area contributed by atoms with Crippen LogP contribution in [-0.4, -0.2) is 12.1 Å². The van der Waals surface area contributed by atoms with Crippen molar-refractivity contribution in [3.05, 3.63) is 0 Å². The number of hydrogen-bond acceptors (Lipinski definition) is 2. The van der Waals surface area contributed by atoms with Crippen molar-refractivity contribution in [1.82, 2.24) is 0 Å². The van der Waals surface area contributed by atoms with Crippen LogP contribution in [0.1, 0.15) is 40.5 Å². The highest BCUT2D eigenvalue weighted by Gasteiger charge is 2.32. The maximum Gasteiger partial charge on any atom is 0.311 e. The van der Waals surface area contributed by atoms with E-state index in [4.69, 9.17) is 4.74 Å². The summed E-state index contributed by atoms with van der Waals surface area (Å²) in [6.07, 6.45) is 2.29. The molecule has 70 valence electrons. The van der Waals surface area contributed by atoms with Gasteiger partial charge in [-0.2, -0.15) is 0 Å². The molecule has 1 fully saturated rings. The van der Waals surface area contributed by atoms with Crippen LogP contribution in [-0.2, 0) is 9.53 Å². The van der Waals surface area contributed by atoms with Crippen molar-refractivity contribution >= 4 is 5.97 Å². The van der Waals surface area contributed by atoms with Gasteiger partial charge in [-0.15, -0.1) is 0 Å². The van der Waals surface area contributed by atoms with Crippen LogP contribution in [0.25, 0.3) is 0 Å². The summed E-state index contributed by atoms with van der Waals surface area (Å²) in [5.41, 5.74) is -0.348. The second-order valence-corrected chi connectivity index (χ2v) is 4.85. The summed E-state index contributed by atoms with van der Waals surface area (Å²) < 4.78 is 5.28. The van der Waals surface area contributed by atoms with Gasteiger partial charge in [-0.05, 0) is 39.5 Å². The Morgan fingerprint density at radius 1 is 1.33 bits per heavy atom. The highest BCUT2D eigenvalue weighted by Crippen LogP contribution is 2.31. The van der Waals surface area contributed by atoms with Gasteiger partial charge in [0.1, 0.15) is 6.10 Å². The maximum atomic E-state index is 11.4. The molecule has 0 aromatic rings. The Morgan fingerprint density at radius 2 is 1.83 bits per heavy atom. The van der Waals surface area contributed by atoms with E-state index < -0.39 is 0 Å². The quantitative estimate of drug-likeness (QED) is 0.565. The van der Waals surface area contributed by atoms with Gasteiger partial charge in [0.2, 0.25) is 0 Å². The molecular formula is C10H18O2. The van der Waals surface area contributed by atoms with E-state index in [1.165, 1.54) is 0 Å². The Labute approximate surface area is 74.3 Å². The molecular weight excluding hydrogens is 152 g/mol. The Hall–Kier alpha value is -0.530. The van der Waals surface area contributed by atoms with E-state index in [0.29, 0.717) is 0 Å². The first kappa shape index (κ1) is 9.56. The SMILES string of the molecule is CC1CC(OC(=O)C(C)(C)C)C1. The lowest BCUT2D eigenvalue weighted by atomic mass is 9.84. The third-order valence-electron chi connectivity index (χ3n) is 2.22. The summed E-state index contributed by atoms with van der Waals surface area (Å²) in [5, 5.41) is 0. The van der Waals surface area contributed by atoms with Crippen molar-refractivity contribution < 1.29 is 9.53 Å². The van der Waals surface area contributed by atoms with Gasteiger partial charge in [-0.3, -0.25) is 4.79 Å². The molecule has 0 heterocycles. The van der Waals surface area contributed by atoms with Crippen LogP contribution >= 0.6 is 0 Å². The Kier molecular flexibility index (Phi) is 2.45. The fraction of sp³-hybridized carbons (Fsp3) is 0.900. The van der Waals surface area contributed by atoms with Crippen molar-refractivity contribution in [2.75, 3.05) is 0 Å². The Morgan fingerprint density at radius 3 is 2.17 bits per heavy atom. The minimum Gasteiger partial charge on any atom is -0.462 e. The van der Waals surface area contributed by atoms with Gasteiger partial charge in [0.15, 0.2) is 0 Å². The van der Waals surface area contributed by atoms with Crippen molar-refractivity contribution in [3.63, 3.8) is 0 Å². The summed E-state index contributed by atoms with van der Waals surface area (Å²) in [4.78, 5) is 11.4. The molecule has 0 aromatic carbocycles. The molecule has 1 aliphatic rings. The van der Waals surface area contributed by atoms with Gasteiger partial charge in [0.25, 0.3) is 0 Å². The second kappa shape index (κ2) is 3.08. The minimum absolute atomic E-state index is 0.0700. The van der Waals surface area contributed by atoms with E-state index in [9.17, 15) is 4.79 Å². The van der Waals surface area contributed by atoms with Gasteiger partial charge in [-0.1, -0.05) is 6.92 Å². The van der Waals surface area contributed by atoms with Crippen molar-refractivity contribution in [1.29, 1.82) is 0 Å². The fourth-order valence-corrected chi connectivity index (χ4v) is 1.25. The molecule has 0 aliphatic heterocycles. The van der Waals surface area contributed by atoms with Crippen LogP contribution in [0.4, 0.5) is 0 Å². The summed E-state index contributed by atoms with van der Waals surface area (Å²) in [6, 6.07) is 0. The lowest BCUT2D eigenvalue weighted by Crippen LogP contribution is -2.35. The molecule has 0 amide bonds. The first-order chi connectivity index (χ1) is 5.39. The van der Waals surface area contributed by atoms with Gasteiger partial charge in [0.05, 0.1) is 5.41 Å². The average Bonchev–Trinajstić information content (AvgIpc) is 1.82. The van der Waals surface area contributed by atoms with E-state index in [2.05, 4.69) is 6.92 Å². The van der Waals surface area contributed by atoms with E-state index in [0.717, 1.165) is 18.8 Å². The van der Waals surface area contributed by atoms with E-state index in [1.54, 1.807) is 0 Å². The summed E-state index contributed by atoms with van der Waals surface area (Å²) in [5.74, 6) is 0.669. The highest BCUT2D eigenvalue weighted by atomic mass is 16.5. The summed E-state index contributed by atoms with van der Waals surface area (Å²) >= 11 is 0. The molecule has 0 N–H and O–H groups in total. The summed E-state index contributed by atoms with van der Waals surface area (Å²) in [7, 11) is 0. The maximum absolute atomic E-state index is 11.4. The molecule has 0 bridgehead atoms. The molecule has 2 nitrogen and oxygen atoms in total. The van der Waals surface area contributed by atoms with Crippen molar-refractivity contribution in [2.45, 2.75) is 46.6 Å². The minimum atomic E-state index is -0.348. The molecule has 12 heavy (non-hydrogen) atoms. The molecule has 2 heteroatoms. The lowest BCUT2D eigenvalue weighted by molar-refractivity contribution is -0.164. The number of hydrogen-bond donors (Lipinski definition) is 0. The average molecular weight is 170 g/mol. The third-order valence-corrected chi connectivity index (χ3v) is 2.22. The molecule has 1 aliphatic carbocycles. The molecule has 1 rings (SSSR count). The number of rotatable bonds is 1. The predicted molar refractivity (Wildman–Crippen MR) is 47.7 cm³/mol. The van der Waals surface area contributed by atoms with Crippen LogP contribution in [0, 0.1) is 11.3 Å². The zero-order chi connectivity index (χ0) is 9.35. The molecule has 0 spiro atoms. The van der Waals surface area contributed by atoms with Gasteiger partial charge in [-0.25, -0.2) is 0 Å². The number of ether oxygens (including phenoxy) is 1. The second-order valence-electron chi connectivity index (χ2n) is 4.85. The van der Waals surface area contributed by atoms with E-state index in [-0.39, 0.29) is 17.5 Å². The van der Waals surface area contributed by atoms with Crippen LogP contribution in [0.5, 0.6) is 0 Å². The van der Waals surface area contributed by atoms with Crippen LogP contribution in [0.15, 0.2) is 0 Å². The predicted octanol–water partition coefficient (Wildman–Crippen LogP) is 2.37. The van der Waals surface area contributed by atoms with Crippen molar-refractivity contribution in [2.24, 2.45) is 11.3 Å². The van der Waals surface area contributed by atoms with E-state index in [1.807, 2.05) is 20.8 Å². The number of esters is 1. The smallest absolute Gasteiger partial charge is 0.311 e. The van der Waals surface area contributed by atoms with Crippen LogP contribution in [0.2, 0.25) is 0 Å². The number of carbonyl (C=O) groups excluding carboxylic acids is 1.